The van der Waals surface area contributed by atoms with E-state index in [1.807, 2.05) is 26.0 Å². The Bertz CT molecular complexity index is 1130. The number of carbonyl (C=O) groups excluding carboxylic acids is 2. The Kier molecular flexibility index (Phi) is 6.72. The molecule has 0 radical (unpaired) electrons. The summed E-state index contributed by atoms with van der Waals surface area (Å²) < 4.78 is 0. The van der Waals surface area contributed by atoms with Gasteiger partial charge >= 0.3 is 6.03 Å². The third kappa shape index (κ3) is 5.44. The van der Waals surface area contributed by atoms with Crippen LogP contribution in [0.3, 0.4) is 0 Å². The molecule has 1 aliphatic rings. The third-order valence-electron chi connectivity index (χ3n) is 5.25. The summed E-state index contributed by atoms with van der Waals surface area (Å²) in [6.45, 7) is 5.25. The summed E-state index contributed by atoms with van der Waals surface area (Å²) in [6.07, 6.45) is 1.77. The maximum absolute atomic E-state index is 12.8. The number of hydrogen-bond donors (Lipinski definition) is 2. The Labute approximate surface area is 195 Å². The second kappa shape index (κ2) is 9.67. The molecular weight excluding hydrogens is 446 g/mol. The first-order valence-electron chi connectivity index (χ1n) is 10.4. The summed E-state index contributed by atoms with van der Waals surface area (Å²) >= 11 is 7.24. The van der Waals surface area contributed by atoms with Crippen molar-refractivity contribution in [3.05, 3.63) is 68.6 Å². The average Bonchev–Trinajstić information content (AvgIpc) is 3.24. The molecule has 3 amide bonds. The number of urea groups is 1. The molecule has 2 aromatic carbocycles. The molecule has 32 heavy (non-hydrogen) atoms. The SMILES string of the molecule is Cc1cc(C)cc(NC(=O)N2CCC[C@@H](c3nnc(C(=O)Nc4cccc(Cl)c4)s3)C2)c1. The highest BCUT2D eigenvalue weighted by Crippen LogP contribution is 2.30. The van der Waals surface area contributed by atoms with Crippen LogP contribution < -0.4 is 10.6 Å². The van der Waals surface area contributed by atoms with Crippen LogP contribution in [-0.2, 0) is 0 Å². The zero-order valence-electron chi connectivity index (χ0n) is 17.9. The standard InChI is InChI=1S/C23H24ClN5O2S/c1-14-9-15(2)11-19(10-14)26-23(31)29-8-4-5-16(13-29)21-27-28-22(32-21)20(30)25-18-7-3-6-17(24)12-18/h3,6-7,9-12,16H,4-5,8,13H2,1-2H3,(H,25,30)(H,26,31)/t16-/m1/s1. The van der Waals surface area contributed by atoms with E-state index < -0.39 is 0 Å². The molecule has 1 saturated heterocycles. The highest BCUT2D eigenvalue weighted by molar-refractivity contribution is 7.13. The quantitative estimate of drug-likeness (QED) is 0.530. The highest BCUT2D eigenvalue weighted by atomic mass is 35.5. The number of rotatable bonds is 4. The molecule has 7 nitrogen and oxygen atoms in total. The second-order valence-electron chi connectivity index (χ2n) is 8.00. The molecule has 1 fully saturated rings. The monoisotopic (exact) mass is 469 g/mol. The van der Waals surface area contributed by atoms with Crippen molar-refractivity contribution in [3.63, 3.8) is 0 Å². The lowest BCUT2D eigenvalue weighted by Crippen LogP contribution is -2.41. The van der Waals surface area contributed by atoms with Crippen molar-refractivity contribution in [2.45, 2.75) is 32.6 Å². The van der Waals surface area contributed by atoms with E-state index in [4.69, 9.17) is 11.6 Å². The van der Waals surface area contributed by atoms with Gasteiger partial charge in [0.1, 0.15) is 5.01 Å². The van der Waals surface area contributed by atoms with Gasteiger partial charge in [-0.05, 0) is 68.1 Å². The van der Waals surface area contributed by atoms with E-state index in [1.165, 1.54) is 11.3 Å². The number of carbonyl (C=O) groups is 2. The number of piperidine rings is 1. The number of benzene rings is 2. The maximum Gasteiger partial charge on any atom is 0.321 e. The number of hydrogen-bond acceptors (Lipinski definition) is 5. The number of halogens is 1. The second-order valence-corrected chi connectivity index (χ2v) is 9.45. The topological polar surface area (TPSA) is 87.2 Å². The first-order valence-corrected chi connectivity index (χ1v) is 11.6. The highest BCUT2D eigenvalue weighted by Gasteiger charge is 2.28. The van der Waals surface area contributed by atoms with Crippen molar-refractivity contribution < 1.29 is 9.59 Å². The van der Waals surface area contributed by atoms with E-state index in [0.717, 1.165) is 34.7 Å². The minimum absolute atomic E-state index is 0.0546. The van der Waals surface area contributed by atoms with Crippen molar-refractivity contribution >= 4 is 46.3 Å². The zero-order valence-corrected chi connectivity index (χ0v) is 19.5. The first kappa shape index (κ1) is 22.2. The van der Waals surface area contributed by atoms with Gasteiger partial charge in [0.2, 0.25) is 5.01 Å². The van der Waals surface area contributed by atoms with Gasteiger partial charge in [-0.25, -0.2) is 4.79 Å². The van der Waals surface area contributed by atoms with Crippen molar-refractivity contribution in [1.82, 2.24) is 15.1 Å². The number of aryl methyl sites for hydroxylation is 2. The van der Waals surface area contributed by atoms with Crippen molar-refractivity contribution in [2.24, 2.45) is 0 Å². The molecule has 2 N–H and O–H groups in total. The Morgan fingerprint density at radius 1 is 1.06 bits per heavy atom. The lowest BCUT2D eigenvalue weighted by molar-refractivity contribution is 0.102. The molecule has 1 atom stereocenters. The molecule has 0 bridgehead atoms. The summed E-state index contributed by atoms with van der Waals surface area (Å²) in [6, 6.07) is 12.8. The fourth-order valence-corrected chi connectivity index (χ4v) is 4.91. The number of nitrogens with one attached hydrogen (secondary N) is 2. The number of anilines is 2. The summed E-state index contributed by atoms with van der Waals surface area (Å²) in [5.74, 6) is -0.268. The summed E-state index contributed by atoms with van der Waals surface area (Å²) in [4.78, 5) is 27.2. The summed E-state index contributed by atoms with van der Waals surface area (Å²) in [5.41, 5.74) is 3.61. The molecule has 0 saturated carbocycles. The Morgan fingerprint density at radius 3 is 2.59 bits per heavy atom. The van der Waals surface area contributed by atoms with Crippen LogP contribution in [0.2, 0.25) is 5.02 Å². The zero-order chi connectivity index (χ0) is 22.7. The number of amides is 3. The van der Waals surface area contributed by atoms with E-state index in [9.17, 15) is 9.59 Å². The first-order chi connectivity index (χ1) is 15.4. The van der Waals surface area contributed by atoms with Crippen LogP contribution in [0.5, 0.6) is 0 Å². The summed E-state index contributed by atoms with van der Waals surface area (Å²) in [7, 11) is 0. The molecular formula is C23H24ClN5O2S. The normalized spacial score (nSPS) is 16.0. The van der Waals surface area contributed by atoms with Crippen LogP contribution in [0, 0.1) is 13.8 Å². The minimum atomic E-state index is -0.323. The molecule has 0 spiro atoms. The van der Waals surface area contributed by atoms with Gasteiger partial charge in [0.15, 0.2) is 0 Å². The van der Waals surface area contributed by atoms with E-state index in [0.29, 0.717) is 23.8 Å². The fourth-order valence-electron chi connectivity index (χ4n) is 3.85. The van der Waals surface area contributed by atoms with Gasteiger partial charge in [-0.3, -0.25) is 4.79 Å². The minimum Gasteiger partial charge on any atom is -0.324 e. The summed E-state index contributed by atoms with van der Waals surface area (Å²) in [5, 5.41) is 15.7. The van der Waals surface area contributed by atoms with Crippen molar-refractivity contribution in [3.8, 4) is 0 Å². The van der Waals surface area contributed by atoms with Gasteiger partial charge in [0, 0.05) is 35.4 Å². The van der Waals surface area contributed by atoms with Crippen LogP contribution in [0.15, 0.2) is 42.5 Å². The molecule has 9 heteroatoms. The predicted octanol–water partition coefficient (Wildman–Crippen LogP) is 5.47. The van der Waals surface area contributed by atoms with E-state index in [-0.39, 0.29) is 22.9 Å². The van der Waals surface area contributed by atoms with Gasteiger partial charge in [-0.1, -0.05) is 35.1 Å². The third-order valence-corrected chi connectivity index (χ3v) is 6.57. The number of nitrogens with zero attached hydrogens (tertiary/aromatic N) is 3. The van der Waals surface area contributed by atoms with Crippen LogP contribution >= 0.6 is 22.9 Å². The molecule has 1 aliphatic heterocycles. The Balaban J connectivity index is 1.39. The maximum atomic E-state index is 12.8. The lowest BCUT2D eigenvalue weighted by atomic mass is 9.99. The molecule has 1 aromatic heterocycles. The molecule has 3 aromatic rings. The molecule has 0 unspecified atom stereocenters. The van der Waals surface area contributed by atoms with E-state index in [1.54, 1.807) is 29.2 Å². The molecule has 4 rings (SSSR count). The van der Waals surface area contributed by atoms with Crippen molar-refractivity contribution in [2.75, 3.05) is 23.7 Å². The van der Waals surface area contributed by atoms with Gasteiger partial charge in [-0.2, -0.15) is 0 Å². The average molecular weight is 470 g/mol. The lowest BCUT2D eigenvalue weighted by Gasteiger charge is -2.31. The number of likely N-dealkylation sites (tertiary alicyclic amines) is 1. The van der Waals surface area contributed by atoms with Crippen LogP contribution in [0.1, 0.15) is 44.7 Å². The van der Waals surface area contributed by atoms with Crippen LogP contribution in [0.4, 0.5) is 16.2 Å². The molecule has 2 heterocycles. The van der Waals surface area contributed by atoms with E-state index in [2.05, 4.69) is 26.9 Å². The molecule has 166 valence electrons. The number of aromatic nitrogens is 2. The largest absolute Gasteiger partial charge is 0.324 e. The van der Waals surface area contributed by atoms with Gasteiger partial charge < -0.3 is 15.5 Å². The van der Waals surface area contributed by atoms with Crippen molar-refractivity contribution in [1.29, 1.82) is 0 Å². The smallest absolute Gasteiger partial charge is 0.321 e. The van der Waals surface area contributed by atoms with E-state index >= 15 is 0 Å². The van der Waals surface area contributed by atoms with Gasteiger partial charge in [0.25, 0.3) is 5.91 Å². The Morgan fingerprint density at radius 2 is 1.84 bits per heavy atom. The fraction of sp³-hybridized carbons (Fsp3) is 0.304. The van der Waals surface area contributed by atoms with Crippen LogP contribution in [-0.4, -0.2) is 40.1 Å². The predicted molar refractivity (Wildman–Crippen MR) is 128 cm³/mol. The van der Waals surface area contributed by atoms with Gasteiger partial charge in [0.05, 0.1) is 0 Å². The Hall–Kier alpha value is -2.97. The van der Waals surface area contributed by atoms with Gasteiger partial charge in [-0.15, -0.1) is 10.2 Å². The molecule has 0 aliphatic carbocycles. The van der Waals surface area contributed by atoms with Crippen LogP contribution in [0.25, 0.3) is 0 Å².